The third kappa shape index (κ3) is 8.43. The van der Waals surface area contributed by atoms with Gasteiger partial charge in [0, 0.05) is 39.3 Å². The quantitative estimate of drug-likeness (QED) is 0.208. The van der Waals surface area contributed by atoms with Crippen molar-refractivity contribution in [1.82, 2.24) is 10.6 Å². The molecule has 188 valence electrons. The molecule has 36 heavy (non-hydrogen) atoms. The van der Waals surface area contributed by atoms with Crippen molar-refractivity contribution < 1.29 is 4.79 Å². The summed E-state index contributed by atoms with van der Waals surface area (Å²) >= 11 is 20.5. The lowest BCUT2D eigenvalue weighted by Gasteiger charge is -2.07. The summed E-state index contributed by atoms with van der Waals surface area (Å²) in [6, 6.07) is 19.8. The maximum Gasteiger partial charge on any atom is 0.224 e. The summed E-state index contributed by atoms with van der Waals surface area (Å²) in [7, 11) is 0. The van der Waals surface area contributed by atoms with Gasteiger partial charge < -0.3 is 10.6 Å². The molecule has 1 amide bonds. The van der Waals surface area contributed by atoms with E-state index in [2.05, 4.69) is 29.0 Å². The van der Waals surface area contributed by atoms with Crippen LogP contribution in [0.25, 0.3) is 20.9 Å². The monoisotopic (exact) mass is 574 g/mol. The van der Waals surface area contributed by atoms with Gasteiger partial charge >= 0.3 is 0 Å². The SMILES string of the molecule is CCNC(=O)Cc1ccsc1-c1ccc(Cl)cc1.CCNC(=S)Cc1ccsc1-c1ccc(Cl)cc1. The second-order valence-electron chi connectivity index (χ2n) is 7.82. The summed E-state index contributed by atoms with van der Waals surface area (Å²) in [4.78, 5) is 14.9. The minimum absolute atomic E-state index is 0.0612. The second kappa shape index (κ2) is 14.5. The molecule has 2 N–H and O–H groups in total. The number of amides is 1. The normalized spacial score (nSPS) is 10.3. The third-order valence-corrected chi connectivity index (χ3v) is 7.96. The van der Waals surface area contributed by atoms with Crippen LogP contribution in [0.3, 0.4) is 0 Å². The molecule has 0 bridgehead atoms. The molecule has 0 aliphatic carbocycles. The number of halogens is 2. The second-order valence-corrected chi connectivity index (χ2v) is 11.0. The standard InChI is InChI=1S/C14H14ClNOS.C14H14ClNS2/c2*1-2-16-13(17)9-11-7-8-18-14(11)10-3-5-12(15)6-4-10/h2*3-8H,2,9H2,1H3,(H,16,17). The number of nitrogens with one attached hydrogen (secondary N) is 2. The molecule has 3 nitrogen and oxygen atoms in total. The number of benzene rings is 2. The Labute approximate surface area is 236 Å². The molecule has 2 heterocycles. The molecule has 0 fully saturated rings. The van der Waals surface area contributed by atoms with E-state index in [4.69, 9.17) is 35.4 Å². The molecule has 2 aromatic heterocycles. The number of rotatable bonds is 8. The van der Waals surface area contributed by atoms with Gasteiger partial charge in [-0.2, -0.15) is 0 Å². The molecule has 0 aliphatic rings. The highest BCUT2D eigenvalue weighted by atomic mass is 35.5. The molecule has 0 saturated carbocycles. The van der Waals surface area contributed by atoms with Crippen LogP contribution in [0.1, 0.15) is 25.0 Å². The van der Waals surface area contributed by atoms with E-state index >= 15 is 0 Å². The van der Waals surface area contributed by atoms with Crippen molar-refractivity contribution in [3.05, 3.63) is 92.6 Å². The van der Waals surface area contributed by atoms with Gasteiger partial charge in [0.25, 0.3) is 0 Å². The first-order valence-corrected chi connectivity index (χ1v) is 14.5. The summed E-state index contributed by atoms with van der Waals surface area (Å²) in [6.07, 6.45) is 1.22. The van der Waals surface area contributed by atoms with Crippen LogP contribution >= 0.6 is 58.1 Å². The molecular formula is C28H28Cl2N2OS3. The first kappa shape index (κ1) is 28.4. The van der Waals surface area contributed by atoms with E-state index < -0.39 is 0 Å². The molecule has 0 saturated heterocycles. The molecule has 4 aromatic rings. The zero-order chi connectivity index (χ0) is 25.9. The van der Waals surface area contributed by atoms with Crippen molar-refractivity contribution in [2.24, 2.45) is 0 Å². The Morgan fingerprint density at radius 1 is 0.722 bits per heavy atom. The predicted octanol–water partition coefficient (Wildman–Crippen LogP) is 8.30. The minimum atomic E-state index is 0.0612. The fraction of sp³-hybridized carbons (Fsp3) is 0.214. The van der Waals surface area contributed by atoms with E-state index in [1.165, 1.54) is 16.0 Å². The first-order valence-electron chi connectivity index (χ1n) is 11.6. The Morgan fingerprint density at radius 2 is 1.17 bits per heavy atom. The van der Waals surface area contributed by atoms with Crippen molar-refractivity contribution in [2.75, 3.05) is 13.1 Å². The van der Waals surface area contributed by atoms with Crippen LogP contribution in [0.15, 0.2) is 71.4 Å². The fourth-order valence-corrected chi connectivity index (χ4v) is 5.94. The lowest BCUT2D eigenvalue weighted by Crippen LogP contribution is -2.24. The van der Waals surface area contributed by atoms with Crippen LogP contribution in [-0.4, -0.2) is 24.0 Å². The molecule has 8 heteroatoms. The summed E-state index contributed by atoms with van der Waals surface area (Å²) in [6.45, 7) is 5.52. The Balaban J connectivity index is 0.000000201. The molecule has 0 spiro atoms. The van der Waals surface area contributed by atoms with Crippen LogP contribution in [0.5, 0.6) is 0 Å². The number of carbonyl (C=O) groups is 1. The molecule has 0 radical (unpaired) electrons. The van der Waals surface area contributed by atoms with Gasteiger partial charge in [-0.05, 0) is 83.3 Å². The first-order chi connectivity index (χ1) is 17.4. The predicted molar refractivity (Wildman–Crippen MR) is 162 cm³/mol. The summed E-state index contributed by atoms with van der Waals surface area (Å²) < 4.78 is 0. The molecule has 4 rings (SSSR count). The van der Waals surface area contributed by atoms with Crippen molar-refractivity contribution in [2.45, 2.75) is 26.7 Å². The molecule has 0 atom stereocenters. The van der Waals surface area contributed by atoms with Gasteiger partial charge in [0.15, 0.2) is 0 Å². The lowest BCUT2D eigenvalue weighted by molar-refractivity contribution is -0.120. The highest BCUT2D eigenvalue weighted by Crippen LogP contribution is 2.32. The maximum absolute atomic E-state index is 11.6. The smallest absolute Gasteiger partial charge is 0.224 e. The van der Waals surface area contributed by atoms with Gasteiger partial charge in [-0.3, -0.25) is 4.79 Å². The van der Waals surface area contributed by atoms with Gasteiger partial charge in [0.2, 0.25) is 5.91 Å². The zero-order valence-corrected chi connectivity index (χ0v) is 24.1. The summed E-state index contributed by atoms with van der Waals surface area (Å²) in [5, 5.41) is 11.6. The number of carbonyl (C=O) groups excluding carboxylic acids is 1. The number of likely N-dealkylation sites (N-methyl/N-ethyl adjacent to an activating group) is 2. The fourth-order valence-electron chi connectivity index (χ4n) is 3.52. The van der Waals surface area contributed by atoms with E-state index in [-0.39, 0.29) is 5.91 Å². The van der Waals surface area contributed by atoms with Gasteiger partial charge in [-0.15, -0.1) is 22.7 Å². The maximum atomic E-state index is 11.6. The average Bonchev–Trinajstić information content (AvgIpc) is 3.50. The molecule has 2 aromatic carbocycles. The van der Waals surface area contributed by atoms with Crippen LogP contribution in [0, 0.1) is 0 Å². The topological polar surface area (TPSA) is 41.1 Å². The van der Waals surface area contributed by atoms with Crippen LogP contribution < -0.4 is 10.6 Å². The van der Waals surface area contributed by atoms with E-state index in [1.807, 2.05) is 66.9 Å². The zero-order valence-electron chi connectivity index (χ0n) is 20.1. The summed E-state index contributed by atoms with van der Waals surface area (Å²) in [5.41, 5.74) is 4.64. The van der Waals surface area contributed by atoms with E-state index in [9.17, 15) is 4.79 Å². The van der Waals surface area contributed by atoms with Gasteiger partial charge in [-0.1, -0.05) is 59.7 Å². The number of hydrogen-bond acceptors (Lipinski definition) is 4. The highest BCUT2D eigenvalue weighted by Gasteiger charge is 2.11. The summed E-state index contributed by atoms with van der Waals surface area (Å²) in [5.74, 6) is 0.0612. The van der Waals surface area contributed by atoms with Gasteiger partial charge in [-0.25, -0.2) is 0 Å². The lowest BCUT2D eigenvalue weighted by atomic mass is 10.1. The van der Waals surface area contributed by atoms with Crippen LogP contribution in [-0.2, 0) is 17.6 Å². The molecule has 0 aliphatic heterocycles. The minimum Gasteiger partial charge on any atom is -0.380 e. The van der Waals surface area contributed by atoms with Crippen LogP contribution in [0.4, 0.5) is 0 Å². The Kier molecular flexibility index (Phi) is 11.4. The number of thiophene rings is 2. The van der Waals surface area contributed by atoms with Gasteiger partial charge in [0.1, 0.15) is 0 Å². The third-order valence-electron chi connectivity index (χ3n) is 5.16. The molecule has 0 unspecified atom stereocenters. The van der Waals surface area contributed by atoms with E-state index in [0.717, 1.165) is 44.0 Å². The van der Waals surface area contributed by atoms with E-state index in [1.54, 1.807) is 22.7 Å². The Hall–Kier alpha value is -2.22. The number of hydrogen-bond donors (Lipinski definition) is 2. The Bertz CT molecular complexity index is 1160. The van der Waals surface area contributed by atoms with Crippen molar-refractivity contribution in [3.8, 4) is 20.9 Å². The van der Waals surface area contributed by atoms with Crippen molar-refractivity contribution in [1.29, 1.82) is 0 Å². The van der Waals surface area contributed by atoms with Crippen molar-refractivity contribution >= 4 is 69.0 Å². The van der Waals surface area contributed by atoms with E-state index in [0.29, 0.717) is 13.0 Å². The average molecular weight is 576 g/mol. The molecular weight excluding hydrogens is 547 g/mol. The van der Waals surface area contributed by atoms with Gasteiger partial charge in [0.05, 0.1) is 11.4 Å². The number of thiocarbonyl (C=S) groups is 1. The highest BCUT2D eigenvalue weighted by molar-refractivity contribution is 7.80. The van der Waals surface area contributed by atoms with Crippen LogP contribution in [0.2, 0.25) is 10.0 Å². The Morgan fingerprint density at radius 3 is 1.61 bits per heavy atom. The van der Waals surface area contributed by atoms with Crippen molar-refractivity contribution in [3.63, 3.8) is 0 Å². The largest absolute Gasteiger partial charge is 0.380 e.